The van der Waals surface area contributed by atoms with Crippen molar-refractivity contribution in [1.82, 2.24) is 10.2 Å². The first-order valence-corrected chi connectivity index (χ1v) is 10.1. The van der Waals surface area contributed by atoms with E-state index in [0.29, 0.717) is 18.0 Å². The monoisotopic (exact) mass is 400 g/mol. The minimum atomic E-state index is -0.518. The van der Waals surface area contributed by atoms with Gasteiger partial charge in [0.25, 0.3) is 0 Å². The van der Waals surface area contributed by atoms with Gasteiger partial charge in [0.1, 0.15) is 6.04 Å². The van der Waals surface area contributed by atoms with Gasteiger partial charge in [-0.3, -0.25) is 9.59 Å². The molecule has 0 aromatic heterocycles. The molecule has 150 valence electrons. The molecule has 0 aliphatic heterocycles. The van der Waals surface area contributed by atoms with Crippen LogP contribution in [0.5, 0.6) is 0 Å². The van der Waals surface area contributed by atoms with Crippen molar-refractivity contribution in [2.75, 3.05) is 0 Å². The normalized spacial score (nSPS) is 11.9. The summed E-state index contributed by atoms with van der Waals surface area (Å²) in [6.07, 6.45) is 0.811. The van der Waals surface area contributed by atoms with Crippen molar-refractivity contribution in [3.63, 3.8) is 0 Å². The summed E-state index contributed by atoms with van der Waals surface area (Å²) < 4.78 is 0. The molecule has 4 nitrogen and oxygen atoms in total. The zero-order valence-corrected chi connectivity index (χ0v) is 17.8. The lowest BCUT2D eigenvalue weighted by Crippen LogP contribution is -2.50. The largest absolute Gasteiger partial charge is 0.352 e. The van der Waals surface area contributed by atoms with Gasteiger partial charge in [-0.15, -0.1) is 0 Å². The van der Waals surface area contributed by atoms with E-state index in [-0.39, 0.29) is 24.3 Å². The van der Waals surface area contributed by atoms with Crippen LogP contribution < -0.4 is 5.32 Å². The molecule has 0 spiro atoms. The maximum absolute atomic E-state index is 13.2. The predicted octanol–water partition coefficient (Wildman–Crippen LogP) is 4.52. The number of nitrogens with zero attached hydrogens (tertiary/aromatic N) is 1. The second-order valence-corrected chi connectivity index (χ2v) is 7.83. The van der Waals surface area contributed by atoms with Crippen molar-refractivity contribution in [3.05, 3.63) is 70.2 Å². The zero-order chi connectivity index (χ0) is 20.7. The lowest BCUT2D eigenvalue weighted by molar-refractivity contribution is -0.141. The number of hydrogen-bond acceptors (Lipinski definition) is 2. The number of carbonyl (C=O) groups is 2. The van der Waals surface area contributed by atoms with Gasteiger partial charge in [0, 0.05) is 17.6 Å². The van der Waals surface area contributed by atoms with E-state index in [9.17, 15) is 9.59 Å². The zero-order valence-electron chi connectivity index (χ0n) is 17.0. The highest BCUT2D eigenvalue weighted by Gasteiger charge is 2.28. The van der Waals surface area contributed by atoms with E-state index in [1.807, 2.05) is 64.1 Å². The van der Waals surface area contributed by atoms with Crippen LogP contribution in [0.3, 0.4) is 0 Å². The number of halogens is 1. The fraction of sp³-hybridized carbons (Fsp3) is 0.391. The number of benzene rings is 2. The molecule has 0 saturated heterocycles. The number of hydrogen-bond donors (Lipinski definition) is 1. The number of carbonyl (C=O) groups excluding carboxylic acids is 2. The molecule has 2 amide bonds. The highest BCUT2D eigenvalue weighted by Crippen LogP contribution is 2.17. The first-order valence-electron chi connectivity index (χ1n) is 9.70. The molecule has 0 saturated carbocycles. The molecular weight excluding hydrogens is 372 g/mol. The van der Waals surface area contributed by atoms with E-state index in [2.05, 4.69) is 5.32 Å². The van der Waals surface area contributed by atoms with Gasteiger partial charge in [0.15, 0.2) is 0 Å². The van der Waals surface area contributed by atoms with Gasteiger partial charge in [0.05, 0.1) is 6.42 Å². The second kappa shape index (κ2) is 10.3. The van der Waals surface area contributed by atoms with E-state index in [1.165, 1.54) is 0 Å². The molecule has 0 fully saturated rings. The van der Waals surface area contributed by atoms with Crippen LogP contribution in [0.25, 0.3) is 0 Å². The smallest absolute Gasteiger partial charge is 0.243 e. The van der Waals surface area contributed by atoms with Gasteiger partial charge in [-0.25, -0.2) is 0 Å². The fourth-order valence-electron chi connectivity index (χ4n) is 3.07. The average Bonchev–Trinajstić information content (AvgIpc) is 2.64. The average molecular weight is 401 g/mol. The lowest BCUT2D eigenvalue weighted by atomic mass is 10.1. The van der Waals surface area contributed by atoms with Crippen LogP contribution in [0.2, 0.25) is 5.02 Å². The third-order valence-electron chi connectivity index (χ3n) is 4.56. The van der Waals surface area contributed by atoms with E-state index >= 15 is 0 Å². The molecule has 0 heterocycles. The minimum Gasteiger partial charge on any atom is -0.352 e. The van der Waals surface area contributed by atoms with Crippen LogP contribution >= 0.6 is 11.6 Å². The quantitative estimate of drug-likeness (QED) is 0.708. The minimum absolute atomic E-state index is 0.0196. The van der Waals surface area contributed by atoms with Gasteiger partial charge in [-0.2, -0.15) is 0 Å². The molecule has 28 heavy (non-hydrogen) atoms. The molecular formula is C23H29ClN2O2. The highest BCUT2D eigenvalue weighted by molar-refractivity contribution is 6.30. The molecule has 2 rings (SSSR count). The molecule has 2 aromatic carbocycles. The van der Waals surface area contributed by atoms with Crippen molar-refractivity contribution in [2.45, 2.75) is 59.2 Å². The fourth-order valence-corrected chi connectivity index (χ4v) is 3.19. The van der Waals surface area contributed by atoms with Crippen LogP contribution in [0.1, 0.15) is 43.9 Å². The molecule has 0 aliphatic carbocycles. The molecule has 1 atom stereocenters. The maximum atomic E-state index is 13.2. The summed E-state index contributed by atoms with van der Waals surface area (Å²) in [5.74, 6) is -0.187. The molecule has 1 N–H and O–H groups in total. The van der Waals surface area contributed by atoms with Crippen LogP contribution in [-0.4, -0.2) is 28.8 Å². The summed E-state index contributed by atoms with van der Waals surface area (Å²) in [4.78, 5) is 27.6. The van der Waals surface area contributed by atoms with Crippen molar-refractivity contribution >= 4 is 23.4 Å². The van der Waals surface area contributed by atoms with Crippen LogP contribution in [0.4, 0.5) is 0 Å². The highest BCUT2D eigenvalue weighted by atomic mass is 35.5. The van der Waals surface area contributed by atoms with Crippen LogP contribution in [0.15, 0.2) is 48.5 Å². The predicted molar refractivity (Wildman–Crippen MR) is 114 cm³/mol. The Kier molecular flexibility index (Phi) is 8.06. The third-order valence-corrected chi connectivity index (χ3v) is 4.81. The first kappa shape index (κ1) is 22.0. The molecule has 5 heteroatoms. The Bertz CT molecular complexity index is 785. The Hall–Kier alpha value is -2.33. The van der Waals surface area contributed by atoms with E-state index in [1.54, 1.807) is 17.0 Å². The van der Waals surface area contributed by atoms with E-state index in [0.717, 1.165) is 16.7 Å². The van der Waals surface area contributed by atoms with Crippen molar-refractivity contribution < 1.29 is 9.59 Å². The van der Waals surface area contributed by atoms with Gasteiger partial charge in [-0.1, -0.05) is 60.5 Å². The summed E-state index contributed by atoms with van der Waals surface area (Å²) in [5.41, 5.74) is 3.03. The molecule has 2 aromatic rings. The summed E-state index contributed by atoms with van der Waals surface area (Å²) in [5, 5.41) is 3.59. The van der Waals surface area contributed by atoms with Crippen molar-refractivity contribution in [1.29, 1.82) is 0 Å². The van der Waals surface area contributed by atoms with E-state index < -0.39 is 6.04 Å². The van der Waals surface area contributed by atoms with Gasteiger partial charge in [-0.05, 0) is 50.5 Å². The topological polar surface area (TPSA) is 49.4 Å². The SMILES string of the molecule is CC[C@@H](C(=O)NC(C)C)N(Cc1ccc(Cl)cc1)C(=O)Cc1ccc(C)cc1. The number of rotatable bonds is 8. The Balaban J connectivity index is 2.27. The maximum Gasteiger partial charge on any atom is 0.243 e. The third kappa shape index (κ3) is 6.38. The van der Waals surface area contributed by atoms with Crippen molar-refractivity contribution in [3.8, 4) is 0 Å². The summed E-state index contributed by atoms with van der Waals surface area (Å²) in [6.45, 7) is 8.15. The van der Waals surface area contributed by atoms with E-state index in [4.69, 9.17) is 11.6 Å². The molecule has 0 aliphatic rings. The summed E-state index contributed by atoms with van der Waals surface area (Å²) >= 11 is 5.98. The second-order valence-electron chi connectivity index (χ2n) is 7.40. The molecule has 0 bridgehead atoms. The van der Waals surface area contributed by atoms with Gasteiger partial charge in [0.2, 0.25) is 11.8 Å². The van der Waals surface area contributed by atoms with Crippen LogP contribution in [-0.2, 0) is 22.6 Å². The molecule has 0 unspecified atom stereocenters. The number of aryl methyl sites for hydroxylation is 1. The Morgan fingerprint density at radius 3 is 2.11 bits per heavy atom. The van der Waals surface area contributed by atoms with Gasteiger partial charge < -0.3 is 10.2 Å². The number of amides is 2. The van der Waals surface area contributed by atoms with Crippen molar-refractivity contribution in [2.24, 2.45) is 0 Å². The Labute approximate surface area is 172 Å². The first-order chi connectivity index (χ1) is 13.3. The van der Waals surface area contributed by atoms with Crippen LogP contribution in [0, 0.1) is 6.92 Å². The van der Waals surface area contributed by atoms with Gasteiger partial charge >= 0.3 is 0 Å². The summed E-state index contributed by atoms with van der Waals surface area (Å²) in [7, 11) is 0. The summed E-state index contributed by atoms with van der Waals surface area (Å²) in [6, 6.07) is 14.8. The Morgan fingerprint density at radius 1 is 1.00 bits per heavy atom. The standard InChI is InChI=1S/C23H29ClN2O2/c1-5-21(23(28)25-16(2)3)26(15-19-10-12-20(24)13-11-19)22(27)14-18-8-6-17(4)7-9-18/h6-13,16,21H,5,14-15H2,1-4H3,(H,25,28)/t21-/m0/s1. The number of nitrogens with one attached hydrogen (secondary N) is 1. The lowest BCUT2D eigenvalue weighted by Gasteiger charge is -2.31. The Morgan fingerprint density at radius 2 is 1.57 bits per heavy atom. The molecule has 0 radical (unpaired) electrons.